The van der Waals surface area contributed by atoms with Crippen molar-refractivity contribution in [3.63, 3.8) is 0 Å². The Morgan fingerprint density at radius 1 is 0.210 bits per heavy atom. The highest BCUT2D eigenvalue weighted by Gasteiger charge is 2.19. The van der Waals surface area contributed by atoms with Crippen molar-refractivity contribution >= 4 is 60.7 Å². The van der Waals surface area contributed by atoms with Crippen LogP contribution in [0.5, 0.6) is 0 Å². The van der Waals surface area contributed by atoms with Crippen LogP contribution in [0.2, 0.25) is 0 Å². The summed E-state index contributed by atoms with van der Waals surface area (Å²) in [5, 5.41) is 4.81. The van der Waals surface area contributed by atoms with Crippen LogP contribution in [0.1, 0.15) is 0 Å². The lowest BCUT2D eigenvalue weighted by Gasteiger charge is -2.25. The Labute approximate surface area is 469 Å². The van der Waals surface area contributed by atoms with Crippen molar-refractivity contribution in [1.82, 2.24) is 24.1 Å². The molecular formula is C75H50N6. The highest BCUT2D eigenvalue weighted by Crippen LogP contribution is 2.41. The zero-order valence-electron chi connectivity index (χ0n) is 44.1. The third-order valence-electron chi connectivity index (χ3n) is 15.5. The summed E-state index contributed by atoms with van der Waals surface area (Å²) in [5.74, 6) is 1.84. The second-order valence-corrected chi connectivity index (χ2v) is 20.4. The van der Waals surface area contributed by atoms with Gasteiger partial charge in [-0.05, 0) is 155 Å². The van der Waals surface area contributed by atoms with E-state index in [1.54, 1.807) is 0 Å². The number of para-hydroxylation sites is 4. The molecule has 12 aromatic carbocycles. The Morgan fingerprint density at radius 3 is 0.988 bits per heavy atom. The SMILES string of the molecule is c1ccc(-c2cccc(-c3nc(-c4ccc(-n5c6ccccc6c6cc(-c7ccc8c(c7)c7ccccc7n8-c7ccc(N(c8ccccc8)c8ccccc8)cc7)ccc65)cc4)nc(-c4cccc(-c5ccccc5)c4)n3)c2)cc1. The van der Waals surface area contributed by atoms with E-state index < -0.39 is 0 Å². The Morgan fingerprint density at radius 2 is 0.531 bits per heavy atom. The van der Waals surface area contributed by atoms with Gasteiger partial charge >= 0.3 is 0 Å². The predicted octanol–water partition coefficient (Wildman–Crippen LogP) is 19.5. The number of benzene rings is 12. The fourth-order valence-corrected chi connectivity index (χ4v) is 11.7. The standard InChI is InChI=1S/C75H50N6/c1-5-19-51(20-6-1)54-23-17-25-58(47-54)74-76-73(77-75(78-74)59-26-18-24-55(48-59)52-21-7-2-8-22-52)53-35-39-63(40-36-53)80-69-33-15-13-31-65(69)67-49-56(37-45-71(67)80)57-38-46-72-68(50-57)66-32-14-16-34-70(66)81(72)64-43-41-62(42-44-64)79(60-27-9-3-10-28-60)61-29-11-4-12-30-61/h1-50H. The van der Waals surface area contributed by atoms with Crippen LogP contribution in [0.4, 0.5) is 17.1 Å². The molecule has 0 N–H and O–H groups in total. The maximum atomic E-state index is 5.19. The van der Waals surface area contributed by atoms with Crippen molar-refractivity contribution in [2.75, 3.05) is 4.90 Å². The van der Waals surface area contributed by atoms with E-state index in [2.05, 4.69) is 305 Å². The Balaban J connectivity index is 0.785. The third kappa shape index (κ3) is 8.69. The molecule has 0 aliphatic carbocycles. The average Bonchev–Trinajstić information content (AvgIpc) is 4.10. The van der Waals surface area contributed by atoms with Gasteiger partial charge in [0.05, 0.1) is 22.1 Å². The Hall–Kier alpha value is -11.0. The molecule has 15 aromatic rings. The maximum absolute atomic E-state index is 5.19. The van der Waals surface area contributed by atoms with Crippen LogP contribution in [-0.4, -0.2) is 24.1 Å². The van der Waals surface area contributed by atoms with Gasteiger partial charge in [0.25, 0.3) is 0 Å². The van der Waals surface area contributed by atoms with Gasteiger partial charge in [0, 0.05) is 66.7 Å². The molecule has 0 saturated carbocycles. The van der Waals surface area contributed by atoms with Crippen molar-refractivity contribution in [2.45, 2.75) is 0 Å². The molecular weight excluding hydrogens is 985 g/mol. The third-order valence-corrected chi connectivity index (χ3v) is 15.5. The molecule has 0 aliphatic rings. The van der Waals surface area contributed by atoms with Crippen molar-refractivity contribution in [1.29, 1.82) is 0 Å². The van der Waals surface area contributed by atoms with Crippen molar-refractivity contribution < 1.29 is 0 Å². The number of hydrogen-bond donors (Lipinski definition) is 0. The molecule has 81 heavy (non-hydrogen) atoms. The smallest absolute Gasteiger partial charge is 0.164 e. The van der Waals surface area contributed by atoms with Crippen LogP contribution < -0.4 is 4.90 Å². The van der Waals surface area contributed by atoms with E-state index in [4.69, 9.17) is 15.0 Å². The molecule has 380 valence electrons. The molecule has 6 nitrogen and oxygen atoms in total. The summed E-state index contributed by atoms with van der Waals surface area (Å²) < 4.78 is 4.76. The van der Waals surface area contributed by atoms with Gasteiger partial charge in [0.2, 0.25) is 0 Å². The zero-order valence-corrected chi connectivity index (χ0v) is 44.1. The molecule has 0 aliphatic heterocycles. The highest BCUT2D eigenvalue weighted by atomic mass is 15.1. The van der Waals surface area contributed by atoms with E-state index in [0.29, 0.717) is 17.5 Å². The van der Waals surface area contributed by atoms with E-state index in [9.17, 15) is 0 Å². The Bertz CT molecular complexity index is 4640. The number of anilines is 3. The summed E-state index contributed by atoms with van der Waals surface area (Å²) >= 11 is 0. The molecule has 3 aromatic heterocycles. The molecule has 0 saturated heterocycles. The fraction of sp³-hybridized carbons (Fsp3) is 0. The minimum atomic E-state index is 0.607. The fourth-order valence-electron chi connectivity index (χ4n) is 11.7. The molecule has 15 rings (SSSR count). The highest BCUT2D eigenvalue weighted by molar-refractivity contribution is 6.13. The van der Waals surface area contributed by atoms with Gasteiger partial charge in [-0.15, -0.1) is 0 Å². The van der Waals surface area contributed by atoms with Crippen LogP contribution in [0.3, 0.4) is 0 Å². The van der Waals surface area contributed by atoms with E-state index in [-0.39, 0.29) is 0 Å². The minimum absolute atomic E-state index is 0.607. The number of fused-ring (bicyclic) bond motifs is 6. The number of hydrogen-bond acceptors (Lipinski definition) is 4. The molecule has 3 heterocycles. The molecule has 6 heteroatoms. The molecule has 0 radical (unpaired) electrons. The lowest BCUT2D eigenvalue weighted by Crippen LogP contribution is -2.09. The van der Waals surface area contributed by atoms with E-state index in [1.807, 2.05) is 12.1 Å². The molecule has 0 fully saturated rings. The molecule has 0 spiro atoms. The minimum Gasteiger partial charge on any atom is -0.311 e. The summed E-state index contributed by atoms with van der Waals surface area (Å²) in [5.41, 5.74) is 19.6. The first-order valence-corrected chi connectivity index (χ1v) is 27.4. The summed E-state index contributed by atoms with van der Waals surface area (Å²) in [6.45, 7) is 0. The average molecular weight is 1040 g/mol. The lowest BCUT2D eigenvalue weighted by molar-refractivity contribution is 1.07. The first-order valence-electron chi connectivity index (χ1n) is 27.4. The number of rotatable bonds is 11. The number of aromatic nitrogens is 5. The molecule has 0 atom stereocenters. The van der Waals surface area contributed by atoms with Gasteiger partial charge in [-0.25, -0.2) is 15.0 Å². The van der Waals surface area contributed by atoms with E-state index in [1.165, 1.54) is 32.6 Å². The molecule has 0 unspecified atom stereocenters. The van der Waals surface area contributed by atoms with Crippen molar-refractivity contribution in [3.05, 3.63) is 303 Å². The van der Waals surface area contributed by atoms with Gasteiger partial charge in [-0.1, -0.05) is 182 Å². The summed E-state index contributed by atoms with van der Waals surface area (Å²) in [7, 11) is 0. The second kappa shape index (κ2) is 20.1. The van der Waals surface area contributed by atoms with Crippen molar-refractivity contribution in [3.8, 4) is 78.9 Å². The van der Waals surface area contributed by atoms with Crippen molar-refractivity contribution in [2.24, 2.45) is 0 Å². The summed E-state index contributed by atoms with van der Waals surface area (Å²) in [4.78, 5) is 17.9. The predicted molar refractivity (Wildman–Crippen MR) is 336 cm³/mol. The largest absolute Gasteiger partial charge is 0.311 e. The first-order chi connectivity index (χ1) is 40.1. The normalized spacial score (nSPS) is 11.5. The Kier molecular flexibility index (Phi) is 11.7. The van der Waals surface area contributed by atoms with Crippen LogP contribution in [-0.2, 0) is 0 Å². The van der Waals surface area contributed by atoms with Crippen LogP contribution in [0, 0.1) is 0 Å². The molecule has 0 bridgehead atoms. The molecule has 0 amide bonds. The van der Waals surface area contributed by atoms with Gasteiger partial charge in [-0.2, -0.15) is 0 Å². The van der Waals surface area contributed by atoms with E-state index >= 15 is 0 Å². The topological polar surface area (TPSA) is 51.8 Å². The second-order valence-electron chi connectivity index (χ2n) is 20.4. The maximum Gasteiger partial charge on any atom is 0.164 e. The lowest BCUT2D eigenvalue weighted by atomic mass is 10.0. The summed E-state index contributed by atoms with van der Waals surface area (Å²) in [6, 6.07) is 108. The van der Waals surface area contributed by atoms with Gasteiger partial charge in [0.15, 0.2) is 17.5 Å². The van der Waals surface area contributed by atoms with E-state index in [0.717, 1.165) is 89.5 Å². The quantitative estimate of drug-likeness (QED) is 0.130. The zero-order chi connectivity index (χ0) is 53.6. The monoisotopic (exact) mass is 1030 g/mol. The first kappa shape index (κ1) is 47.3. The van der Waals surface area contributed by atoms with Gasteiger partial charge < -0.3 is 14.0 Å². The summed E-state index contributed by atoms with van der Waals surface area (Å²) in [6.07, 6.45) is 0. The van der Waals surface area contributed by atoms with Gasteiger partial charge in [0.1, 0.15) is 0 Å². The van der Waals surface area contributed by atoms with Crippen LogP contribution in [0.25, 0.3) is 123 Å². The van der Waals surface area contributed by atoms with Crippen LogP contribution >= 0.6 is 0 Å². The van der Waals surface area contributed by atoms with Crippen LogP contribution in [0.15, 0.2) is 303 Å². The van der Waals surface area contributed by atoms with Gasteiger partial charge in [-0.3, -0.25) is 0 Å². The number of nitrogens with zero attached hydrogens (tertiary/aromatic N) is 6.